The van der Waals surface area contributed by atoms with Gasteiger partial charge in [-0.3, -0.25) is 4.90 Å². The average Bonchev–Trinajstić information content (AvgIpc) is 2.76. The zero-order chi connectivity index (χ0) is 9.10. The Labute approximate surface area is 80.1 Å². The number of nitrogens with one attached hydrogen (secondary N) is 1. The van der Waals surface area contributed by atoms with Gasteiger partial charge in [0, 0.05) is 18.6 Å². The Kier molecular flexibility index (Phi) is 3.19. The van der Waals surface area contributed by atoms with Gasteiger partial charge in [0.25, 0.3) is 0 Å². The van der Waals surface area contributed by atoms with Gasteiger partial charge in [0.15, 0.2) is 0 Å². The van der Waals surface area contributed by atoms with Crippen molar-refractivity contribution in [2.24, 2.45) is 0 Å². The number of aliphatic hydroxyl groups is 1. The van der Waals surface area contributed by atoms with E-state index in [9.17, 15) is 0 Å². The van der Waals surface area contributed by atoms with Crippen molar-refractivity contribution in [3.05, 3.63) is 0 Å². The molecule has 0 aromatic rings. The van der Waals surface area contributed by atoms with Crippen LogP contribution in [0.2, 0.25) is 0 Å². The molecule has 0 aliphatic carbocycles. The van der Waals surface area contributed by atoms with Gasteiger partial charge in [0.2, 0.25) is 0 Å². The van der Waals surface area contributed by atoms with Crippen molar-refractivity contribution in [2.45, 2.75) is 37.8 Å². The molecular weight excluding hydrogens is 164 g/mol. The predicted octanol–water partition coefficient (Wildman–Crippen LogP) is 0.195. The highest BCUT2D eigenvalue weighted by molar-refractivity contribution is 4.84. The van der Waals surface area contributed by atoms with Crippen LogP contribution >= 0.6 is 0 Å². The fourth-order valence-electron chi connectivity index (χ4n) is 2.54. The maximum Gasteiger partial charge on any atom is 0.0586 e. The minimum absolute atomic E-state index is 0.340. The lowest BCUT2D eigenvalue weighted by Crippen LogP contribution is -2.41. The molecule has 1 unspecified atom stereocenters. The van der Waals surface area contributed by atoms with Crippen molar-refractivity contribution < 1.29 is 5.11 Å². The van der Waals surface area contributed by atoms with E-state index in [0.29, 0.717) is 18.7 Å². The van der Waals surface area contributed by atoms with Crippen LogP contribution in [0, 0.1) is 0 Å². The Morgan fingerprint density at radius 1 is 1.31 bits per heavy atom. The second kappa shape index (κ2) is 4.40. The van der Waals surface area contributed by atoms with E-state index in [2.05, 4.69) is 10.2 Å². The Balaban J connectivity index is 1.79. The molecule has 76 valence electrons. The van der Waals surface area contributed by atoms with Crippen LogP contribution in [0.3, 0.4) is 0 Å². The molecule has 2 heterocycles. The lowest BCUT2D eigenvalue weighted by atomic mass is 10.2. The summed E-state index contributed by atoms with van der Waals surface area (Å²) in [7, 11) is 0. The topological polar surface area (TPSA) is 35.5 Å². The van der Waals surface area contributed by atoms with Crippen LogP contribution in [0.4, 0.5) is 0 Å². The smallest absolute Gasteiger partial charge is 0.0586 e. The molecule has 2 atom stereocenters. The molecule has 13 heavy (non-hydrogen) atoms. The summed E-state index contributed by atoms with van der Waals surface area (Å²) in [5, 5.41) is 12.7. The number of likely N-dealkylation sites (tertiary alicyclic amines) is 1. The van der Waals surface area contributed by atoms with Crippen LogP contribution in [0.5, 0.6) is 0 Å². The normalized spacial score (nSPS) is 35.8. The lowest BCUT2D eigenvalue weighted by Gasteiger charge is -2.25. The van der Waals surface area contributed by atoms with E-state index in [0.717, 1.165) is 6.54 Å². The molecule has 2 aliphatic heterocycles. The molecule has 0 amide bonds. The molecule has 0 saturated carbocycles. The lowest BCUT2D eigenvalue weighted by molar-refractivity contribution is 0.150. The quantitative estimate of drug-likeness (QED) is 0.657. The molecule has 2 aliphatic rings. The molecule has 0 aromatic carbocycles. The number of nitrogens with zero attached hydrogens (tertiary/aromatic N) is 1. The molecule has 3 heteroatoms. The van der Waals surface area contributed by atoms with Crippen LogP contribution in [-0.2, 0) is 0 Å². The average molecular weight is 184 g/mol. The van der Waals surface area contributed by atoms with E-state index >= 15 is 0 Å². The SMILES string of the molecule is OCC1CCCN1C[C@@H]1CCCN1. The largest absolute Gasteiger partial charge is 0.395 e. The molecule has 0 spiro atoms. The number of hydrogen-bond acceptors (Lipinski definition) is 3. The van der Waals surface area contributed by atoms with E-state index in [4.69, 9.17) is 5.11 Å². The van der Waals surface area contributed by atoms with Gasteiger partial charge >= 0.3 is 0 Å². The van der Waals surface area contributed by atoms with Crippen molar-refractivity contribution in [2.75, 3.05) is 26.2 Å². The van der Waals surface area contributed by atoms with Crippen LogP contribution in [0.25, 0.3) is 0 Å². The number of aliphatic hydroxyl groups excluding tert-OH is 1. The monoisotopic (exact) mass is 184 g/mol. The summed E-state index contributed by atoms with van der Waals surface area (Å²) in [4.78, 5) is 2.45. The Bertz CT molecular complexity index is 157. The van der Waals surface area contributed by atoms with E-state index in [1.54, 1.807) is 0 Å². The van der Waals surface area contributed by atoms with Crippen LogP contribution < -0.4 is 5.32 Å². The van der Waals surface area contributed by atoms with Gasteiger partial charge in [-0.15, -0.1) is 0 Å². The van der Waals surface area contributed by atoms with E-state index < -0.39 is 0 Å². The van der Waals surface area contributed by atoms with Crippen LogP contribution in [0.1, 0.15) is 25.7 Å². The highest BCUT2D eigenvalue weighted by Crippen LogP contribution is 2.18. The van der Waals surface area contributed by atoms with Crippen molar-refractivity contribution in [3.63, 3.8) is 0 Å². The molecule has 0 bridgehead atoms. The summed E-state index contributed by atoms with van der Waals surface area (Å²) < 4.78 is 0. The predicted molar refractivity (Wildman–Crippen MR) is 52.7 cm³/mol. The van der Waals surface area contributed by atoms with Crippen LogP contribution in [-0.4, -0.2) is 48.3 Å². The van der Waals surface area contributed by atoms with Crippen molar-refractivity contribution in [3.8, 4) is 0 Å². The molecular formula is C10H20N2O. The first kappa shape index (κ1) is 9.44. The molecule has 0 radical (unpaired) electrons. The first-order valence-electron chi connectivity index (χ1n) is 5.48. The van der Waals surface area contributed by atoms with E-state index in [-0.39, 0.29) is 0 Å². The van der Waals surface area contributed by atoms with E-state index in [1.165, 1.54) is 38.8 Å². The molecule has 2 N–H and O–H groups in total. The first-order chi connectivity index (χ1) is 6.40. The van der Waals surface area contributed by atoms with Gasteiger partial charge in [0.05, 0.1) is 6.61 Å². The first-order valence-corrected chi connectivity index (χ1v) is 5.48. The molecule has 2 fully saturated rings. The van der Waals surface area contributed by atoms with Gasteiger partial charge in [-0.25, -0.2) is 0 Å². The summed E-state index contributed by atoms with van der Waals surface area (Å²) in [5.41, 5.74) is 0. The third-order valence-corrected chi connectivity index (χ3v) is 3.33. The van der Waals surface area contributed by atoms with E-state index in [1.807, 2.05) is 0 Å². The standard InChI is InChI=1S/C10H20N2O/c13-8-10-4-2-6-12(10)7-9-3-1-5-11-9/h9-11,13H,1-8H2/t9-,10?/m0/s1. The number of hydrogen-bond donors (Lipinski definition) is 2. The maximum atomic E-state index is 9.15. The van der Waals surface area contributed by atoms with Gasteiger partial charge in [-0.1, -0.05) is 0 Å². The Morgan fingerprint density at radius 2 is 2.23 bits per heavy atom. The second-order valence-electron chi connectivity index (χ2n) is 4.27. The second-order valence-corrected chi connectivity index (χ2v) is 4.27. The van der Waals surface area contributed by atoms with Crippen molar-refractivity contribution >= 4 is 0 Å². The minimum Gasteiger partial charge on any atom is -0.395 e. The Hall–Kier alpha value is -0.120. The third kappa shape index (κ3) is 2.22. The molecule has 0 aromatic heterocycles. The fraction of sp³-hybridized carbons (Fsp3) is 1.00. The summed E-state index contributed by atoms with van der Waals surface area (Å²) >= 11 is 0. The maximum absolute atomic E-state index is 9.15. The third-order valence-electron chi connectivity index (χ3n) is 3.33. The summed E-state index contributed by atoms with van der Waals surface area (Å²) in [6, 6.07) is 1.13. The van der Waals surface area contributed by atoms with Gasteiger partial charge in [-0.2, -0.15) is 0 Å². The zero-order valence-corrected chi connectivity index (χ0v) is 8.21. The number of rotatable bonds is 3. The minimum atomic E-state index is 0.340. The highest BCUT2D eigenvalue weighted by Gasteiger charge is 2.26. The molecule has 3 nitrogen and oxygen atoms in total. The summed E-state index contributed by atoms with van der Waals surface area (Å²) in [5.74, 6) is 0. The fourth-order valence-corrected chi connectivity index (χ4v) is 2.54. The molecule has 2 rings (SSSR count). The van der Waals surface area contributed by atoms with Crippen LogP contribution in [0.15, 0.2) is 0 Å². The van der Waals surface area contributed by atoms with Crippen molar-refractivity contribution in [1.29, 1.82) is 0 Å². The van der Waals surface area contributed by atoms with Gasteiger partial charge < -0.3 is 10.4 Å². The summed E-state index contributed by atoms with van der Waals surface area (Å²) in [6.07, 6.45) is 5.08. The highest BCUT2D eigenvalue weighted by atomic mass is 16.3. The van der Waals surface area contributed by atoms with Crippen molar-refractivity contribution in [1.82, 2.24) is 10.2 Å². The molecule has 2 saturated heterocycles. The zero-order valence-electron chi connectivity index (χ0n) is 8.21. The summed E-state index contributed by atoms with van der Waals surface area (Å²) in [6.45, 7) is 3.85. The van der Waals surface area contributed by atoms with Gasteiger partial charge in [-0.05, 0) is 38.8 Å². The Morgan fingerprint density at radius 3 is 2.92 bits per heavy atom. The van der Waals surface area contributed by atoms with Gasteiger partial charge in [0.1, 0.15) is 0 Å².